The lowest BCUT2D eigenvalue weighted by Crippen LogP contribution is -2.05. The van der Waals surface area contributed by atoms with Gasteiger partial charge in [-0.05, 0) is 49.4 Å². The molecule has 0 unspecified atom stereocenters. The minimum Gasteiger partial charge on any atom is -0.496 e. The van der Waals surface area contributed by atoms with E-state index in [9.17, 15) is 4.79 Å². The van der Waals surface area contributed by atoms with Gasteiger partial charge >= 0.3 is 5.97 Å². The number of para-hydroxylation sites is 2. The largest absolute Gasteiger partial charge is 0.496 e. The van der Waals surface area contributed by atoms with Crippen molar-refractivity contribution >= 4 is 17.0 Å². The van der Waals surface area contributed by atoms with E-state index in [-0.39, 0.29) is 12.5 Å². The number of fused-ring (bicyclic) bond motifs is 1. The topological polar surface area (TPSA) is 92.3 Å². The fourth-order valence-electron chi connectivity index (χ4n) is 3.69. The van der Waals surface area contributed by atoms with Gasteiger partial charge in [0.25, 0.3) is 5.89 Å². The molecule has 33 heavy (non-hydrogen) atoms. The number of aromatic nitrogens is 4. The average molecular weight is 440 g/mol. The van der Waals surface area contributed by atoms with Crippen LogP contribution in [0.25, 0.3) is 28.1 Å². The monoisotopic (exact) mass is 440 g/mol. The Labute approximate surface area is 189 Å². The van der Waals surface area contributed by atoms with Gasteiger partial charge in [-0.25, -0.2) is 9.78 Å². The Kier molecular flexibility index (Phi) is 5.32. The van der Waals surface area contributed by atoms with Gasteiger partial charge in [0.2, 0.25) is 5.82 Å². The lowest BCUT2D eigenvalue weighted by molar-refractivity contribution is 0.0430. The zero-order valence-corrected chi connectivity index (χ0v) is 18.1. The third kappa shape index (κ3) is 3.94. The molecule has 0 saturated carbocycles. The number of carbonyl (C=O) groups excluding carboxylic acids is 1. The molecule has 0 N–H and O–H groups in total. The first-order chi connectivity index (χ1) is 16.1. The fraction of sp³-hybridized carbons (Fsp3) is 0.120. The average Bonchev–Trinajstić information content (AvgIpc) is 3.46. The van der Waals surface area contributed by atoms with E-state index in [4.69, 9.17) is 14.0 Å². The summed E-state index contributed by atoms with van der Waals surface area (Å²) in [4.78, 5) is 21.5. The van der Waals surface area contributed by atoms with Crippen LogP contribution in [0, 0.1) is 6.92 Å². The summed E-state index contributed by atoms with van der Waals surface area (Å²) < 4.78 is 18.0. The van der Waals surface area contributed by atoms with Gasteiger partial charge in [0.05, 0.1) is 29.3 Å². The Morgan fingerprint density at radius 3 is 2.61 bits per heavy atom. The van der Waals surface area contributed by atoms with Crippen molar-refractivity contribution in [1.29, 1.82) is 0 Å². The Bertz CT molecular complexity index is 1440. The van der Waals surface area contributed by atoms with Crippen molar-refractivity contribution in [1.82, 2.24) is 19.7 Å². The minimum absolute atomic E-state index is 0.142. The van der Waals surface area contributed by atoms with Crippen molar-refractivity contribution in [2.45, 2.75) is 13.5 Å². The Balaban J connectivity index is 1.33. The van der Waals surface area contributed by atoms with Gasteiger partial charge in [-0.2, -0.15) is 4.98 Å². The molecule has 8 heteroatoms. The van der Waals surface area contributed by atoms with Crippen LogP contribution in [0.4, 0.5) is 0 Å². The second kappa shape index (κ2) is 8.58. The van der Waals surface area contributed by atoms with Gasteiger partial charge < -0.3 is 14.0 Å². The Morgan fingerprint density at radius 1 is 1.00 bits per heavy atom. The first-order valence-corrected chi connectivity index (χ1v) is 10.3. The highest BCUT2D eigenvalue weighted by Crippen LogP contribution is 2.27. The highest BCUT2D eigenvalue weighted by atomic mass is 16.6. The number of aryl methyl sites for hydroxylation is 1. The van der Waals surface area contributed by atoms with Crippen LogP contribution in [0.2, 0.25) is 0 Å². The molecule has 8 nitrogen and oxygen atoms in total. The Morgan fingerprint density at radius 2 is 1.79 bits per heavy atom. The van der Waals surface area contributed by atoms with Crippen molar-refractivity contribution in [3.8, 4) is 22.8 Å². The molecule has 2 heterocycles. The van der Waals surface area contributed by atoms with E-state index in [1.165, 1.54) is 0 Å². The Hall–Kier alpha value is -4.46. The van der Waals surface area contributed by atoms with Gasteiger partial charge in [-0.1, -0.05) is 35.5 Å². The summed E-state index contributed by atoms with van der Waals surface area (Å²) in [5.74, 6) is 1.51. The molecule has 3 aromatic carbocycles. The number of ether oxygens (including phenoxy) is 2. The first kappa shape index (κ1) is 20.4. The molecule has 0 spiro atoms. The lowest BCUT2D eigenvalue weighted by Gasteiger charge is -2.07. The predicted octanol–water partition coefficient (Wildman–Crippen LogP) is 4.75. The van der Waals surface area contributed by atoms with Gasteiger partial charge in [0.1, 0.15) is 11.6 Å². The number of methoxy groups -OCH3 is 1. The summed E-state index contributed by atoms with van der Waals surface area (Å²) in [6, 6.07) is 22.6. The second-order valence-corrected chi connectivity index (χ2v) is 7.32. The fourth-order valence-corrected chi connectivity index (χ4v) is 3.69. The summed E-state index contributed by atoms with van der Waals surface area (Å²) >= 11 is 0. The van der Waals surface area contributed by atoms with Crippen LogP contribution >= 0.6 is 0 Å². The zero-order chi connectivity index (χ0) is 22.8. The summed E-state index contributed by atoms with van der Waals surface area (Å²) in [5.41, 5.74) is 3.71. The molecule has 0 aliphatic carbocycles. The third-order valence-corrected chi connectivity index (χ3v) is 5.21. The molecule has 0 atom stereocenters. The van der Waals surface area contributed by atoms with Crippen LogP contribution in [0.5, 0.6) is 5.75 Å². The molecule has 0 saturated heterocycles. The number of imidazole rings is 1. The van der Waals surface area contributed by atoms with Crippen LogP contribution < -0.4 is 4.74 Å². The second-order valence-electron chi connectivity index (χ2n) is 7.32. The summed E-state index contributed by atoms with van der Waals surface area (Å²) in [6.45, 7) is 1.79. The number of rotatable bonds is 6. The standard InChI is InChI=1S/C25H20N4O4/c1-16-26-20-14-17(12-13-21(20)29(16)18-8-4-3-5-9-18)25(30)32-15-23-27-24(28-33-23)19-10-6-7-11-22(19)31-2/h3-14H,15H2,1-2H3. The highest BCUT2D eigenvalue weighted by molar-refractivity contribution is 5.94. The maximum Gasteiger partial charge on any atom is 0.338 e. The minimum atomic E-state index is -0.499. The molecule has 0 radical (unpaired) electrons. The van der Waals surface area contributed by atoms with Crippen LogP contribution in [-0.2, 0) is 11.3 Å². The normalized spacial score (nSPS) is 11.0. The maximum atomic E-state index is 12.6. The molecule has 0 bridgehead atoms. The molecule has 0 aliphatic heterocycles. The van der Waals surface area contributed by atoms with Crippen LogP contribution in [-0.4, -0.2) is 32.8 Å². The molecule has 0 amide bonds. The molecule has 2 aromatic heterocycles. The number of hydrogen-bond donors (Lipinski definition) is 0. The quantitative estimate of drug-likeness (QED) is 0.352. The predicted molar refractivity (Wildman–Crippen MR) is 121 cm³/mol. The summed E-state index contributed by atoms with van der Waals surface area (Å²) in [5, 5.41) is 3.96. The number of esters is 1. The number of hydrogen-bond acceptors (Lipinski definition) is 7. The number of nitrogens with zero attached hydrogens (tertiary/aromatic N) is 4. The number of benzene rings is 3. The molecular weight excluding hydrogens is 420 g/mol. The summed E-state index contributed by atoms with van der Waals surface area (Å²) in [6.07, 6.45) is 0. The smallest absolute Gasteiger partial charge is 0.338 e. The van der Waals surface area contributed by atoms with Crippen molar-refractivity contribution in [2.75, 3.05) is 7.11 Å². The van der Waals surface area contributed by atoms with Crippen LogP contribution in [0.1, 0.15) is 22.1 Å². The van der Waals surface area contributed by atoms with E-state index >= 15 is 0 Å². The van der Waals surface area contributed by atoms with Crippen LogP contribution in [0.15, 0.2) is 77.3 Å². The first-order valence-electron chi connectivity index (χ1n) is 10.3. The number of carbonyl (C=O) groups is 1. The van der Waals surface area contributed by atoms with Gasteiger partial charge in [-0.15, -0.1) is 0 Å². The van der Waals surface area contributed by atoms with Crippen molar-refractivity contribution < 1.29 is 18.8 Å². The molecule has 5 aromatic rings. The van der Waals surface area contributed by atoms with E-state index in [1.54, 1.807) is 19.2 Å². The molecule has 0 fully saturated rings. The van der Waals surface area contributed by atoms with E-state index < -0.39 is 5.97 Å². The maximum absolute atomic E-state index is 12.6. The molecule has 5 rings (SSSR count). The highest BCUT2D eigenvalue weighted by Gasteiger charge is 2.17. The zero-order valence-electron chi connectivity index (χ0n) is 18.1. The van der Waals surface area contributed by atoms with Gasteiger partial charge in [-0.3, -0.25) is 4.57 Å². The SMILES string of the molecule is COc1ccccc1-c1noc(COC(=O)c2ccc3c(c2)nc(C)n3-c2ccccc2)n1. The van der Waals surface area contributed by atoms with Gasteiger partial charge in [0.15, 0.2) is 6.61 Å². The molecular formula is C25H20N4O4. The third-order valence-electron chi connectivity index (χ3n) is 5.21. The van der Waals surface area contributed by atoms with Crippen molar-refractivity contribution in [3.63, 3.8) is 0 Å². The lowest BCUT2D eigenvalue weighted by atomic mass is 10.2. The molecule has 164 valence electrons. The van der Waals surface area contributed by atoms with Gasteiger partial charge in [0, 0.05) is 5.69 Å². The van der Waals surface area contributed by atoms with E-state index in [1.807, 2.05) is 72.2 Å². The summed E-state index contributed by atoms with van der Waals surface area (Å²) in [7, 11) is 1.57. The van der Waals surface area contributed by atoms with E-state index in [2.05, 4.69) is 15.1 Å². The van der Waals surface area contributed by atoms with Crippen molar-refractivity contribution in [2.24, 2.45) is 0 Å². The van der Waals surface area contributed by atoms with Crippen LogP contribution in [0.3, 0.4) is 0 Å². The van der Waals surface area contributed by atoms with E-state index in [0.29, 0.717) is 28.2 Å². The van der Waals surface area contributed by atoms with Crippen molar-refractivity contribution in [3.05, 3.63) is 90.1 Å². The molecule has 0 aliphatic rings. The van der Waals surface area contributed by atoms with E-state index in [0.717, 1.165) is 17.0 Å².